The Kier molecular flexibility index (Phi) is 5.46. The van der Waals surface area contributed by atoms with Crippen LogP contribution in [0, 0.1) is 0 Å². The van der Waals surface area contributed by atoms with Crippen LogP contribution in [-0.2, 0) is 4.79 Å². The molecule has 0 amide bonds. The van der Waals surface area contributed by atoms with Crippen molar-refractivity contribution in [3.63, 3.8) is 0 Å². The molecular formula is C29H24N2O3-2. The largest absolute Gasteiger partial charge is 0.872 e. The lowest BCUT2D eigenvalue weighted by molar-refractivity contribution is -0.307. The van der Waals surface area contributed by atoms with Gasteiger partial charge >= 0.3 is 0 Å². The van der Waals surface area contributed by atoms with Gasteiger partial charge in [-0.3, -0.25) is 4.79 Å². The van der Waals surface area contributed by atoms with E-state index < -0.39 is 17.3 Å². The van der Waals surface area contributed by atoms with E-state index in [0.29, 0.717) is 0 Å². The first kappa shape index (κ1) is 21.6. The molecule has 0 bridgehead atoms. The third kappa shape index (κ3) is 3.46. The van der Waals surface area contributed by atoms with Crippen LogP contribution < -0.4 is 20.0 Å². The average Bonchev–Trinajstić information content (AvgIpc) is 3.07. The number of Topliss-reactive ketones (excluding diaryl/α,β-unsaturated/α-hetero) is 1. The van der Waals surface area contributed by atoms with Gasteiger partial charge in [0.15, 0.2) is 5.78 Å². The quantitative estimate of drug-likeness (QED) is 0.714. The molecule has 0 atom stereocenters. The summed E-state index contributed by atoms with van der Waals surface area (Å²) < 4.78 is 0. The minimum atomic E-state index is -0.753. The SMILES string of the molecule is CCN1C=C/C(=C\C2=C([O-])C(/C=C3\C=CN(CC)c4ccccc43)=C([O-])C2=O)c2ccccc21. The number of hydrogen-bond donors (Lipinski definition) is 0. The van der Waals surface area contributed by atoms with Gasteiger partial charge in [-0.15, -0.1) is 0 Å². The number of anilines is 2. The van der Waals surface area contributed by atoms with Gasteiger partial charge in [-0.2, -0.15) is 0 Å². The summed E-state index contributed by atoms with van der Waals surface area (Å²) >= 11 is 0. The van der Waals surface area contributed by atoms with Gasteiger partial charge in [-0.1, -0.05) is 47.9 Å². The highest BCUT2D eigenvalue weighted by Crippen LogP contribution is 2.37. The fourth-order valence-electron chi connectivity index (χ4n) is 4.59. The van der Waals surface area contributed by atoms with Crippen LogP contribution in [0.2, 0.25) is 0 Å². The number of carbonyl (C=O) groups excluding carboxylic acids is 1. The van der Waals surface area contributed by atoms with Crippen LogP contribution in [0.25, 0.3) is 11.1 Å². The van der Waals surface area contributed by atoms with E-state index in [0.717, 1.165) is 46.7 Å². The number of fused-ring (bicyclic) bond motifs is 2. The Bertz CT molecular complexity index is 1370. The molecule has 5 heteroatoms. The molecule has 170 valence electrons. The van der Waals surface area contributed by atoms with Crippen LogP contribution in [0.3, 0.4) is 0 Å². The molecule has 0 radical (unpaired) electrons. The Labute approximate surface area is 199 Å². The van der Waals surface area contributed by atoms with Gasteiger partial charge in [0.2, 0.25) is 0 Å². The van der Waals surface area contributed by atoms with E-state index in [-0.39, 0.29) is 11.1 Å². The Balaban J connectivity index is 1.57. The van der Waals surface area contributed by atoms with E-state index >= 15 is 0 Å². The van der Waals surface area contributed by atoms with Crippen molar-refractivity contribution in [2.24, 2.45) is 0 Å². The topological polar surface area (TPSA) is 69.7 Å². The van der Waals surface area contributed by atoms with E-state index in [1.54, 1.807) is 12.2 Å². The highest BCUT2D eigenvalue weighted by Gasteiger charge is 2.23. The lowest BCUT2D eigenvalue weighted by atomic mass is 9.96. The Morgan fingerprint density at radius 1 is 0.706 bits per heavy atom. The zero-order valence-electron chi connectivity index (χ0n) is 19.1. The van der Waals surface area contributed by atoms with Crippen molar-refractivity contribution in [1.82, 2.24) is 0 Å². The standard InChI is InChI=1S/C29H26N2O3/c1-3-30-15-13-19(21-9-5-7-11-25(21)30)17-23-27(32)24(29(34)28(23)33)18-20-14-16-31(4-2)26-12-8-6-10-22(20)26/h5-18,32H,3-4H2,1-2H3,(H,33,34)/p-2/b19-17+,20-18+. The second-order valence-corrected chi connectivity index (χ2v) is 8.25. The second kappa shape index (κ2) is 8.60. The van der Waals surface area contributed by atoms with Gasteiger partial charge in [0.05, 0.1) is 0 Å². The number of nitrogens with zero attached hydrogens (tertiary/aromatic N) is 2. The summed E-state index contributed by atoms with van der Waals surface area (Å²) in [6.45, 7) is 5.70. The maximum atomic E-state index is 13.3. The van der Waals surface area contributed by atoms with Gasteiger partial charge in [0, 0.05) is 53.6 Å². The number of para-hydroxylation sites is 2. The van der Waals surface area contributed by atoms with Crippen LogP contribution in [0.5, 0.6) is 0 Å². The van der Waals surface area contributed by atoms with Crippen LogP contribution in [0.15, 0.2) is 108 Å². The number of hydrogen-bond acceptors (Lipinski definition) is 5. The summed E-state index contributed by atoms with van der Waals surface area (Å²) in [4.78, 5) is 17.0. The van der Waals surface area contributed by atoms with E-state index in [1.807, 2.05) is 73.1 Å². The minimum absolute atomic E-state index is 0.0838. The molecule has 1 aliphatic carbocycles. The van der Waals surface area contributed by atoms with Crippen LogP contribution in [0.4, 0.5) is 11.4 Å². The number of carbonyl (C=O) groups is 1. The Morgan fingerprint density at radius 3 is 1.68 bits per heavy atom. The molecule has 2 heterocycles. The van der Waals surface area contributed by atoms with Gasteiger partial charge in [-0.25, -0.2) is 0 Å². The Hall–Kier alpha value is -4.25. The Morgan fingerprint density at radius 2 is 1.18 bits per heavy atom. The van der Waals surface area contributed by atoms with Crippen molar-refractivity contribution < 1.29 is 15.0 Å². The minimum Gasteiger partial charge on any atom is -0.872 e. The summed E-state index contributed by atoms with van der Waals surface area (Å²) in [5.74, 6) is -2.03. The van der Waals surface area contributed by atoms with E-state index in [9.17, 15) is 15.0 Å². The molecule has 2 aromatic rings. The maximum Gasteiger partial charge on any atom is 0.178 e. The summed E-state index contributed by atoms with van der Waals surface area (Å²) in [7, 11) is 0. The van der Waals surface area contributed by atoms with Crippen molar-refractivity contribution >= 4 is 28.3 Å². The van der Waals surface area contributed by atoms with Crippen molar-refractivity contribution in [3.05, 3.63) is 119 Å². The molecule has 3 aliphatic rings. The molecule has 0 N–H and O–H groups in total. The van der Waals surface area contributed by atoms with Gasteiger partial charge < -0.3 is 20.0 Å². The molecule has 2 aromatic carbocycles. The first-order chi connectivity index (χ1) is 16.5. The predicted molar refractivity (Wildman–Crippen MR) is 132 cm³/mol. The normalized spacial score (nSPS) is 19.5. The fourth-order valence-corrected chi connectivity index (χ4v) is 4.59. The zero-order valence-corrected chi connectivity index (χ0v) is 19.1. The van der Waals surface area contributed by atoms with Crippen LogP contribution >= 0.6 is 0 Å². The fraction of sp³-hybridized carbons (Fsp3) is 0.138. The molecule has 2 aliphatic heterocycles. The monoisotopic (exact) mass is 448 g/mol. The molecule has 34 heavy (non-hydrogen) atoms. The van der Waals surface area contributed by atoms with Crippen molar-refractivity contribution in [3.8, 4) is 0 Å². The highest BCUT2D eigenvalue weighted by molar-refractivity contribution is 6.15. The molecule has 0 aromatic heterocycles. The summed E-state index contributed by atoms with van der Waals surface area (Å²) in [5.41, 5.74) is 5.14. The molecule has 5 nitrogen and oxygen atoms in total. The zero-order chi connectivity index (χ0) is 23.8. The molecule has 0 saturated carbocycles. The van der Waals surface area contributed by atoms with E-state index in [2.05, 4.69) is 23.6 Å². The molecule has 0 spiro atoms. The van der Waals surface area contributed by atoms with Crippen LogP contribution in [0.1, 0.15) is 25.0 Å². The van der Waals surface area contributed by atoms with Crippen molar-refractivity contribution in [2.75, 3.05) is 22.9 Å². The molecular weight excluding hydrogens is 424 g/mol. The van der Waals surface area contributed by atoms with Crippen LogP contribution in [-0.4, -0.2) is 18.9 Å². The van der Waals surface area contributed by atoms with Gasteiger partial charge in [-0.05, 0) is 67.0 Å². The molecule has 0 fully saturated rings. The maximum absolute atomic E-state index is 13.3. The molecule has 0 saturated heterocycles. The summed E-state index contributed by atoms with van der Waals surface area (Å²) in [6.07, 6.45) is 10.7. The second-order valence-electron chi connectivity index (χ2n) is 8.25. The average molecular weight is 449 g/mol. The number of benzene rings is 2. The van der Waals surface area contributed by atoms with Gasteiger partial charge in [0.1, 0.15) is 0 Å². The lowest BCUT2D eigenvalue weighted by Crippen LogP contribution is -2.19. The summed E-state index contributed by atoms with van der Waals surface area (Å²) in [5, 5.41) is 26.1. The predicted octanol–water partition coefficient (Wildman–Crippen LogP) is 3.67. The van der Waals surface area contributed by atoms with E-state index in [1.165, 1.54) is 0 Å². The van der Waals surface area contributed by atoms with Crippen molar-refractivity contribution in [2.45, 2.75) is 13.8 Å². The first-order valence-electron chi connectivity index (χ1n) is 11.4. The highest BCUT2D eigenvalue weighted by atomic mass is 16.3. The molecule has 0 unspecified atom stereocenters. The number of rotatable bonds is 4. The third-order valence-electron chi connectivity index (χ3n) is 6.38. The van der Waals surface area contributed by atoms with Gasteiger partial charge in [0.25, 0.3) is 0 Å². The number of ketones is 1. The lowest BCUT2D eigenvalue weighted by Gasteiger charge is -2.27. The van der Waals surface area contributed by atoms with Crippen molar-refractivity contribution in [1.29, 1.82) is 0 Å². The molecule has 5 rings (SSSR count). The third-order valence-corrected chi connectivity index (χ3v) is 6.38. The number of allylic oxidation sites excluding steroid dienone is 7. The first-order valence-corrected chi connectivity index (χ1v) is 11.4. The smallest absolute Gasteiger partial charge is 0.178 e. The van der Waals surface area contributed by atoms with E-state index in [4.69, 9.17) is 0 Å². The summed E-state index contributed by atoms with van der Waals surface area (Å²) in [6, 6.07) is 15.6.